The molecule has 0 unspecified atom stereocenters. The number of amides is 2. The van der Waals surface area contributed by atoms with Crippen molar-refractivity contribution in [2.24, 2.45) is 0 Å². The molecule has 0 saturated carbocycles. The number of hydrogen-bond donors (Lipinski definition) is 0. The van der Waals surface area contributed by atoms with Crippen molar-refractivity contribution in [1.29, 1.82) is 0 Å². The largest absolute Gasteiger partial charge is 0.487 e. The van der Waals surface area contributed by atoms with Gasteiger partial charge in [0.25, 0.3) is 16.8 Å². The number of non-ortho nitro benzene ring substituents is 1. The number of nitro groups is 1. The van der Waals surface area contributed by atoms with Gasteiger partial charge in [0.1, 0.15) is 12.4 Å². The maximum absolute atomic E-state index is 12.8. The van der Waals surface area contributed by atoms with Crippen molar-refractivity contribution in [1.82, 2.24) is 4.90 Å². The van der Waals surface area contributed by atoms with Crippen molar-refractivity contribution in [3.05, 3.63) is 106 Å². The first-order valence-corrected chi connectivity index (χ1v) is 13.4. The van der Waals surface area contributed by atoms with Crippen molar-refractivity contribution >= 4 is 79.9 Å². The molecular weight excluding hydrogens is 694 g/mol. The van der Waals surface area contributed by atoms with Crippen LogP contribution in [0.3, 0.4) is 0 Å². The summed E-state index contributed by atoms with van der Waals surface area (Å²) in [6.45, 7) is 0.611. The van der Waals surface area contributed by atoms with E-state index in [0.29, 0.717) is 23.6 Å². The molecule has 0 radical (unpaired) electrons. The first-order chi connectivity index (χ1) is 16.8. The molecule has 1 heterocycles. The molecule has 178 valence electrons. The Morgan fingerprint density at radius 3 is 2.26 bits per heavy atom. The van der Waals surface area contributed by atoms with Crippen molar-refractivity contribution in [2.75, 3.05) is 6.54 Å². The fourth-order valence-corrected chi connectivity index (χ4v) is 6.39. The minimum atomic E-state index is -0.437. The molecule has 0 aliphatic carbocycles. The van der Waals surface area contributed by atoms with Gasteiger partial charge in [-0.1, -0.05) is 30.3 Å². The molecule has 10 heteroatoms. The number of thioether (sulfide) groups is 1. The Bertz CT molecular complexity index is 1290. The van der Waals surface area contributed by atoms with Gasteiger partial charge in [-0.25, -0.2) is 0 Å². The van der Waals surface area contributed by atoms with Crippen LogP contribution < -0.4 is 4.74 Å². The summed E-state index contributed by atoms with van der Waals surface area (Å²) in [5.74, 6) is 0.414. The lowest BCUT2D eigenvalue weighted by atomic mass is 10.1. The molecule has 0 aromatic heterocycles. The summed E-state index contributed by atoms with van der Waals surface area (Å²) in [4.78, 5) is 37.3. The third-order valence-corrected chi connectivity index (χ3v) is 7.70. The van der Waals surface area contributed by atoms with Gasteiger partial charge in [-0.3, -0.25) is 24.6 Å². The van der Waals surface area contributed by atoms with Gasteiger partial charge < -0.3 is 4.74 Å². The molecule has 0 spiro atoms. The molecule has 3 aromatic rings. The Balaban J connectivity index is 1.43. The maximum atomic E-state index is 12.8. The van der Waals surface area contributed by atoms with Crippen LogP contribution in [-0.2, 0) is 17.8 Å². The van der Waals surface area contributed by atoms with Gasteiger partial charge in [0.05, 0.1) is 17.0 Å². The molecule has 1 aliphatic rings. The van der Waals surface area contributed by atoms with Crippen LogP contribution in [0, 0.1) is 17.3 Å². The van der Waals surface area contributed by atoms with E-state index in [1.54, 1.807) is 18.2 Å². The fourth-order valence-electron chi connectivity index (χ4n) is 3.40. The Morgan fingerprint density at radius 2 is 1.63 bits per heavy atom. The van der Waals surface area contributed by atoms with Gasteiger partial charge in [0, 0.05) is 18.7 Å². The topological polar surface area (TPSA) is 89.7 Å². The molecule has 1 fully saturated rings. The normalized spacial score (nSPS) is 14.6. The highest BCUT2D eigenvalue weighted by Crippen LogP contribution is 2.35. The number of nitrogens with zero attached hydrogens (tertiary/aromatic N) is 2. The van der Waals surface area contributed by atoms with Gasteiger partial charge in [0.2, 0.25) is 0 Å². The number of rotatable bonds is 8. The predicted octanol–water partition coefficient (Wildman–Crippen LogP) is 6.66. The number of halogens is 2. The van der Waals surface area contributed by atoms with Crippen LogP contribution in [0.25, 0.3) is 6.08 Å². The van der Waals surface area contributed by atoms with Crippen LogP contribution in [0.2, 0.25) is 0 Å². The Labute approximate surface area is 233 Å². The molecule has 0 N–H and O–H groups in total. The van der Waals surface area contributed by atoms with Gasteiger partial charge in [0.15, 0.2) is 0 Å². The van der Waals surface area contributed by atoms with E-state index in [-0.39, 0.29) is 23.4 Å². The van der Waals surface area contributed by atoms with E-state index in [4.69, 9.17) is 4.74 Å². The Kier molecular flexibility index (Phi) is 8.44. The lowest BCUT2D eigenvalue weighted by Crippen LogP contribution is -2.30. The molecule has 1 saturated heterocycles. The molecule has 2 amide bonds. The third-order valence-electron chi connectivity index (χ3n) is 5.19. The quantitative estimate of drug-likeness (QED) is 0.112. The first kappa shape index (κ1) is 25.6. The molecule has 35 heavy (non-hydrogen) atoms. The average Bonchev–Trinajstić information content (AvgIpc) is 3.10. The van der Waals surface area contributed by atoms with Gasteiger partial charge in [-0.05, 0) is 110 Å². The summed E-state index contributed by atoms with van der Waals surface area (Å²) in [6.07, 6.45) is 2.35. The predicted molar refractivity (Wildman–Crippen MR) is 152 cm³/mol. The second kappa shape index (κ2) is 11.5. The van der Waals surface area contributed by atoms with Crippen LogP contribution in [0.4, 0.5) is 10.5 Å². The number of hydrogen-bond acceptors (Lipinski definition) is 6. The van der Waals surface area contributed by atoms with Crippen LogP contribution in [-0.4, -0.2) is 27.5 Å². The highest BCUT2D eigenvalue weighted by Gasteiger charge is 2.34. The number of carbonyl (C=O) groups is 2. The number of benzene rings is 3. The smallest absolute Gasteiger partial charge is 0.293 e. The average molecular weight is 712 g/mol. The molecule has 7 nitrogen and oxygen atoms in total. The van der Waals surface area contributed by atoms with Crippen LogP contribution in [0.1, 0.15) is 16.7 Å². The van der Waals surface area contributed by atoms with Crippen molar-refractivity contribution in [3.63, 3.8) is 0 Å². The highest BCUT2D eigenvalue weighted by molar-refractivity contribution is 14.1. The molecule has 4 rings (SSSR count). The minimum absolute atomic E-state index is 0.0340. The zero-order valence-corrected chi connectivity index (χ0v) is 23.3. The fraction of sp³-hybridized carbons (Fsp3) is 0.120. The van der Waals surface area contributed by atoms with Crippen LogP contribution >= 0.6 is 56.9 Å². The molecule has 0 bridgehead atoms. The summed E-state index contributed by atoms with van der Waals surface area (Å²) in [6, 6.07) is 19.8. The Hall–Kier alpha value is -2.45. The second-order valence-corrected chi connectivity index (χ2v) is 10.9. The number of imide groups is 1. The zero-order chi connectivity index (χ0) is 24.9. The highest BCUT2D eigenvalue weighted by atomic mass is 127. The van der Waals surface area contributed by atoms with Crippen LogP contribution in [0.15, 0.2) is 71.6 Å². The zero-order valence-electron chi connectivity index (χ0n) is 18.1. The number of nitro benzene ring substituents is 1. The van der Waals surface area contributed by atoms with E-state index in [0.717, 1.165) is 35.6 Å². The van der Waals surface area contributed by atoms with Crippen molar-refractivity contribution in [2.45, 2.75) is 13.0 Å². The lowest BCUT2D eigenvalue weighted by Gasteiger charge is -2.12. The summed E-state index contributed by atoms with van der Waals surface area (Å²) in [5, 5.41) is 10.5. The van der Waals surface area contributed by atoms with Crippen molar-refractivity contribution in [3.8, 4) is 5.75 Å². The maximum Gasteiger partial charge on any atom is 0.293 e. The standard InChI is InChI=1S/C25H18I2N2O5S/c26-20-12-18(13-21(27)23(20)34-15-17-6-8-19(9-7-17)29(32)33)14-22-24(30)28(25(31)35-22)11-10-16-4-2-1-3-5-16/h1-9,12-14H,10-11,15H2/b22-14-. The van der Waals surface area contributed by atoms with Gasteiger partial charge in [-0.2, -0.15) is 0 Å². The summed E-state index contributed by atoms with van der Waals surface area (Å²) in [7, 11) is 0. The molecule has 3 aromatic carbocycles. The molecular formula is C25H18I2N2O5S. The van der Waals surface area contributed by atoms with E-state index in [1.165, 1.54) is 17.0 Å². The van der Waals surface area contributed by atoms with E-state index in [9.17, 15) is 19.7 Å². The van der Waals surface area contributed by atoms with E-state index in [2.05, 4.69) is 45.2 Å². The van der Waals surface area contributed by atoms with Crippen molar-refractivity contribution < 1.29 is 19.2 Å². The summed E-state index contributed by atoms with van der Waals surface area (Å²) < 4.78 is 7.67. The minimum Gasteiger partial charge on any atom is -0.487 e. The van der Waals surface area contributed by atoms with Gasteiger partial charge >= 0.3 is 0 Å². The summed E-state index contributed by atoms with van der Waals surface area (Å²) >= 11 is 5.29. The number of ether oxygens (including phenoxy) is 1. The number of carbonyl (C=O) groups excluding carboxylic acids is 2. The summed E-state index contributed by atoms with van der Waals surface area (Å²) in [5.41, 5.74) is 2.72. The first-order valence-electron chi connectivity index (χ1n) is 10.5. The SMILES string of the molecule is O=C1S/C(=C\c2cc(I)c(OCc3ccc([N+](=O)[O-])cc3)c(I)c2)C(=O)N1CCc1ccccc1. The van der Waals surface area contributed by atoms with E-state index < -0.39 is 4.92 Å². The molecule has 0 atom stereocenters. The third kappa shape index (κ3) is 6.41. The van der Waals surface area contributed by atoms with E-state index in [1.807, 2.05) is 42.5 Å². The lowest BCUT2D eigenvalue weighted by molar-refractivity contribution is -0.384. The second-order valence-electron chi connectivity index (χ2n) is 7.59. The van der Waals surface area contributed by atoms with Gasteiger partial charge in [-0.15, -0.1) is 0 Å². The van der Waals surface area contributed by atoms with Crippen LogP contribution in [0.5, 0.6) is 5.75 Å². The van der Waals surface area contributed by atoms with E-state index >= 15 is 0 Å². The monoisotopic (exact) mass is 712 g/mol. The Morgan fingerprint density at radius 1 is 0.971 bits per heavy atom. The molecule has 1 aliphatic heterocycles.